The quantitative estimate of drug-likeness (QED) is 0.329. The van der Waals surface area contributed by atoms with Crippen LogP contribution in [0.5, 0.6) is 0 Å². The first kappa shape index (κ1) is 22.6. The van der Waals surface area contributed by atoms with Gasteiger partial charge >= 0.3 is 0 Å². The Kier molecular flexibility index (Phi) is 11.9. The molecule has 1 atom stereocenters. The van der Waals surface area contributed by atoms with Crippen LogP contribution in [-0.2, 0) is 16.3 Å². The van der Waals surface area contributed by atoms with Crippen molar-refractivity contribution >= 4 is 51.1 Å². The molecule has 0 radical (unpaired) electrons. The van der Waals surface area contributed by atoms with Gasteiger partial charge in [-0.15, -0.1) is 35.3 Å². The number of hydrogen-bond acceptors (Lipinski definition) is 4. The van der Waals surface area contributed by atoms with Gasteiger partial charge in [-0.2, -0.15) is 0 Å². The number of nitrogens with zero attached hydrogens (tertiary/aromatic N) is 1. The molecule has 0 aliphatic heterocycles. The molecule has 1 rings (SSSR count). The summed E-state index contributed by atoms with van der Waals surface area (Å²) in [5.74, 6) is 1.46. The average Bonchev–Trinajstić information content (AvgIpc) is 2.97. The zero-order chi connectivity index (χ0) is 16.4. The first-order chi connectivity index (χ1) is 10.5. The van der Waals surface area contributed by atoms with E-state index in [9.17, 15) is 8.42 Å². The lowest BCUT2D eigenvalue weighted by Crippen LogP contribution is -2.40. The Labute approximate surface area is 161 Å². The molecule has 0 saturated carbocycles. The van der Waals surface area contributed by atoms with Crippen molar-refractivity contribution < 1.29 is 8.42 Å². The molecular weight excluding hydrogens is 445 g/mol. The molecule has 0 aliphatic rings. The summed E-state index contributed by atoms with van der Waals surface area (Å²) in [6.07, 6.45) is 1.02. The number of hydrogen-bond donors (Lipinski definition) is 2. The highest BCUT2D eigenvalue weighted by Crippen LogP contribution is 2.14. The third-order valence-electron chi connectivity index (χ3n) is 3.18. The summed E-state index contributed by atoms with van der Waals surface area (Å²) in [6.45, 7) is 7.70. The van der Waals surface area contributed by atoms with Gasteiger partial charge in [-0.25, -0.2) is 8.42 Å². The summed E-state index contributed by atoms with van der Waals surface area (Å²) in [5, 5.41) is 8.32. The predicted octanol–water partition coefficient (Wildman–Crippen LogP) is 2.53. The van der Waals surface area contributed by atoms with E-state index in [1.54, 1.807) is 18.3 Å². The maximum Gasteiger partial charge on any atom is 0.191 e. The van der Waals surface area contributed by atoms with Crippen LogP contribution in [0.25, 0.3) is 0 Å². The molecule has 1 aromatic heterocycles. The Morgan fingerprint density at radius 3 is 2.65 bits per heavy atom. The van der Waals surface area contributed by atoms with Gasteiger partial charge in [-0.05, 0) is 30.7 Å². The van der Waals surface area contributed by atoms with Gasteiger partial charge in [0.25, 0.3) is 0 Å². The topological polar surface area (TPSA) is 70.6 Å². The minimum atomic E-state index is -2.94. The van der Waals surface area contributed by atoms with E-state index in [1.165, 1.54) is 4.88 Å². The molecule has 2 N–H and O–H groups in total. The summed E-state index contributed by atoms with van der Waals surface area (Å²) >= 11 is 1.77. The Bertz CT molecular complexity index is 545. The molecule has 1 unspecified atom stereocenters. The molecule has 5 nitrogen and oxygen atoms in total. The van der Waals surface area contributed by atoms with E-state index < -0.39 is 9.84 Å². The second kappa shape index (κ2) is 12.1. The van der Waals surface area contributed by atoms with Crippen molar-refractivity contribution in [3.8, 4) is 0 Å². The Balaban J connectivity index is 0.00000484. The van der Waals surface area contributed by atoms with Crippen molar-refractivity contribution in [3.63, 3.8) is 0 Å². The molecule has 1 heterocycles. The zero-order valence-corrected chi connectivity index (χ0v) is 18.0. The van der Waals surface area contributed by atoms with Crippen molar-refractivity contribution in [3.05, 3.63) is 22.4 Å². The van der Waals surface area contributed by atoms with E-state index in [-0.39, 0.29) is 35.5 Å². The highest BCUT2D eigenvalue weighted by atomic mass is 127. The summed E-state index contributed by atoms with van der Waals surface area (Å²) in [4.78, 5) is 5.91. The van der Waals surface area contributed by atoms with Gasteiger partial charge in [0.05, 0.1) is 5.75 Å². The SMILES string of the molecule is CCNC(=NCC(C)Cc1cccs1)NCCS(=O)(=O)CC.I. The van der Waals surface area contributed by atoms with Crippen molar-refractivity contribution in [2.45, 2.75) is 27.2 Å². The molecule has 1 aromatic rings. The maximum absolute atomic E-state index is 11.5. The van der Waals surface area contributed by atoms with Crippen LogP contribution in [0.2, 0.25) is 0 Å². The van der Waals surface area contributed by atoms with Crippen LogP contribution in [-0.4, -0.2) is 45.5 Å². The first-order valence-electron chi connectivity index (χ1n) is 7.71. The largest absolute Gasteiger partial charge is 0.357 e. The number of nitrogens with one attached hydrogen (secondary N) is 2. The van der Waals surface area contributed by atoms with E-state index >= 15 is 0 Å². The van der Waals surface area contributed by atoms with Gasteiger partial charge in [0.2, 0.25) is 0 Å². The highest BCUT2D eigenvalue weighted by molar-refractivity contribution is 14.0. The number of aliphatic imine (C=N–C) groups is 1. The van der Waals surface area contributed by atoms with Gasteiger partial charge < -0.3 is 10.6 Å². The molecule has 0 aromatic carbocycles. The molecule has 0 aliphatic carbocycles. The molecule has 0 amide bonds. The standard InChI is InChI=1S/C15H27N3O2S2.HI/c1-4-16-15(17-8-10-22(19,20)5-2)18-12-13(3)11-14-7-6-9-21-14;/h6-7,9,13H,4-5,8,10-12H2,1-3H3,(H2,16,17,18);1H. The molecule has 0 fully saturated rings. The summed E-state index contributed by atoms with van der Waals surface area (Å²) in [6, 6.07) is 4.21. The highest BCUT2D eigenvalue weighted by Gasteiger charge is 2.08. The molecule has 8 heteroatoms. The van der Waals surface area contributed by atoms with Crippen LogP contribution in [0.3, 0.4) is 0 Å². The van der Waals surface area contributed by atoms with Crippen LogP contribution in [0, 0.1) is 5.92 Å². The van der Waals surface area contributed by atoms with Gasteiger partial charge in [0, 0.05) is 30.3 Å². The molecule has 0 bridgehead atoms. The van der Waals surface area contributed by atoms with Crippen LogP contribution in [0.4, 0.5) is 0 Å². The minimum absolute atomic E-state index is 0. The second-order valence-corrected chi connectivity index (χ2v) is 8.78. The van der Waals surface area contributed by atoms with Gasteiger partial charge in [0.15, 0.2) is 15.8 Å². The van der Waals surface area contributed by atoms with E-state index in [1.807, 2.05) is 6.92 Å². The monoisotopic (exact) mass is 473 g/mol. The van der Waals surface area contributed by atoms with Crippen molar-refractivity contribution in [2.24, 2.45) is 10.9 Å². The van der Waals surface area contributed by atoms with Crippen LogP contribution in [0.1, 0.15) is 25.6 Å². The van der Waals surface area contributed by atoms with E-state index in [2.05, 4.69) is 40.1 Å². The Hall–Kier alpha value is -0.350. The number of rotatable bonds is 9. The predicted molar refractivity (Wildman–Crippen MR) is 111 cm³/mol. The van der Waals surface area contributed by atoms with Crippen molar-refractivity contribution in [1.29, 1.82) is 0 Å². The van der Waals surface area contributed by atoms with Crippen molar-refractivity contribution in [1.82, 2.24) is 10.6 Å². The molecule has 23 heavy (non-hydrogen) atoms. The fourth-order valence-electron chi connectivity index (χ4n) is 1.89. The smallest absolute Gasteiger partial charge is 0.191 e. The van der Waals surface area contributed by atoms with Crippen LogP contribution in [0.15, 0.2) is 22.5 Å². The minimum Gasteiger partial charge on any atom is -0.357 e. The number of thiophene rings is 1. The maximum atomic E-state index is 11.5. The molecule has 134 valence electrons. The second-order valence-electron chi connectivity index (χ2n) is 5.27. The van der Waals surface area contributed by atoms with Gasteiger partial charge in [0.1, 0.15) is 0 Å². The Morgan fingerprint density at radius 1 is 1.35 bits per heavy atom. The third kappa shape index (κ3) is 10.2. The zero-order valence-electron chi connectivity index (χ0n) is 14.0. The van der Waals surface area contributed by atoms with E-state index in [0.717, 1.165) is 13.0 Å². The van der Waals surface area contributed by atoms with Gasteiger partial charge in [-0.1, -0.05) is 19.9 Å². The number of halogens is 1. The van der Waals surface area contributed by atoms with E-state index in [0.29, 0.717) is 25.0 Å². The molecule has 0 spiro atoms. The van der Waals surface area contributed by atoms with Crippen LogP contribution < -0.4 is 10.6 Å². The Morgan fingerprint density at radius 2 is 2.09 bits per heavy atom. The van der Waals surface area contributed by atoms with Crippen LogP contribution >= 0.6 is 35.3 Å². The number of sulfone groups is 1. The average molecular weight is 473 g/mol. The number of guanidine groups is 1. The lowest BCUT2D eigenvalue weighted by Gasteiger charge is -2.13. The first-order valence-corrected chi connectivity index (χ1v) is 10.4. The van der Waals surface area contributed by atoms with Crippen molar-refractivity contribution in [2.75, 3.05) is 31.1 Å². The van der Waals surface area contributed by atoms with E-state index in [4.69, 9.17) is 0 Å². The molecule has 0 saturated heterocycles. The van der Waals surface area contributed by atoms with Gasteiger partial charge in [-0.3, -0.25) is 4.99 Å². The summed E-state index contributed by atoms with van der Waals surface area (Å²) < 4.78 is 23.0. The lowest BCUT2D eigenvalue weighted by atomic mass is 10.1. The lowest BCUT2D eigenvalue weighted by molar-refractivity contribution is 0.591. The fraction of sp³-hybridized carbons (Fsp3) is 0.667. The summed E-state index contributed by atoms with van der Waals surface area (Å²) in [5.41, 5.74) is 0. The molecular formula is C15H28IN3O2S2. The fourth-order valence-corrected chi connectivity index (χ4v) is 3.47. The third-order valence-corrected chi connectivity index (χ3v) is 5.78. The summed E-state index contributed by atoms with van der Waals surface area (Å²) in [7, 11) is -2.94. The normalized spacial score (nSPS) is 13.3.